The second-order valence-electron chi connectivity index (χ2n) is 9.23. The molecular formula is C27H29FN2O2. The van der Waals surface area contributed by atoms with Gasteiger partial charge >= 0.3 is 0 Å². The molecular weight excluding hydrogens is 403 g/mol. The minimum absolute atomic E-state index is 0.132. The second-order valence-corrected chi connectivity index (χ2v) is 9.23. The van der Waals surface area contributed by atoms with Crippen LogP contribution in [0.3, 0.4) is 0 Å². The highest BCUT2D eigenvalue weighted by molar-refractivity contribution is 5.88. The van der Waals surface area contributed by atoms with E-state index in [2.05, 4.69) is 17.1 Å². The van der Waals surface area contributed by atoms with Crippen molar-refractivity contribution >= 4 is 16.8 Å². The number of amides is 1. The standard InChI is InChI=1S/C27H29FN2O2/c28-24-8-5-7-23(16-24)27(10-3-4-11-27)26(31)30-12-13-32-19-21(18-30)14-20-15-22-6-1-2-9-25(22)29-17-20/h1-2,5-9,15-17,21H,3-4,10-14,18-19H2. The second kappa shape index (κ2) is 8.99. The maximum Gasteiger partial charge on any atom is 0.233 e. The molecule has 3 aromatic rings. The predicted octanol–water partition coefficient (Wildman–Crippen LogP) is 4.90. The highest BCUT2D eigenvalue weighted by Gasteiger charge is 2.45. The van der Waals surface area contributed by atoms with Crippen molar-refractivity contribution in [1.29, 1.82) is 0 Å². The zero-order valence-corrected chi connectivity index (χ0v) is 18.3. The van der Waals surface area contributed by atoms with E-state index in [1.807, 2.05) is 35.4 Å². The van der Waals surface area contributed by atoms with Crippen molar-refractivity contribution < 1.29 is 13.9 Å². The number of para-hydroxylation sites is 1. The Morgan fingerprint density at radius 3 is 2.81 bits per heavy atom. The summed E-state index contributed by atoms with van der Waals surface area (Å²) in [6, 6.07) is 16.9. The van der Waals surface area contributed by atoms with Gasteiger partial charge < -0.3 is 9.64 Å². The smallest absolute Gasteiger partial charge is 0.233 e. The van der Waals surface area contributed by atoms with E-state index in [-0.39, 0.29) is 17.6 Å². The van der Waals surface area contributed by atoms with Gasteiger partial charge in [-0.3, -0.25) is 9.78 Å². The van der Waals surface area contributed by atoms with Gasteiger partial charge in [-0.25, -0.2) is 4.39 Å². The summed E-state index contributed by atoms with van der Waals surface area (Å²) in [5.74, 6) is 0.0607. The monoisotopic (exact) mass is 432 g/mol. The van der Waals surface area contributed by atoms with E-state index in [4.69, 9.17) is 4.74 Å². The zero-order chi connectivity index (χ0) is 22.0. The van der Waals surface area contributed by atoms with Gasteiger partial charge in [0.1, 0.15) is 5.82 Å². The van der Waals surface area contributed by atoms with Gasteiger partial charge in [-0.05, 0) is 54.7 Å². The number of carbonyl (C=O) groups excluding carboxylic acids is 1. The Hall–Kier alpha value is -2.79. The molecule has 2 fully saturated rings. The molecule has 0 bridgehead atoms. The molecule has 2 aromatic carbocycles. The van der Waals surface area contributed by atoms with Crippen molar-refractivity contribution in [1.82, 2.24) is 9.88 Å². The lowest BCUT2D eigenvalue weighted by Crippen LogP contribution is -2.47. The van der Waals surface area contributed by atoms with Crippen molar-refractivity contribution in [2.45, 2.75) is 37.5 Å². The van der Waals surface area contributed by atoms with Crippen LogP contribution in [-0.2, 0) is 21.4 Å². The number of nitrogens with zero attached hydrogens (tertiary/aromatic N) is 2. The number of rotatable bonds is 4. The highest BCUT2D eigenvalue weighted by atomic mass is 19.1. The van der Waals surface area contributed by atoms with Gasteiger partial charge in [-0.1, -0.05) is 43.2 Å². The van der Waals surface area contributed by atoms with Crippen molar-refractivity contribution in [2.75, 3.05) is 26.3 Å². The fraction of sp³-hybridized carbons (Fsp3) is 0.407. The van der Waals surface area contributed by atoms with Crippen LogP contribution in [0.25, 0.3) is 10.9 Å². The first kappa shape index (κ1) is 21.1. The van der Waals surface area contributed by atoms with E-state index in [1.165, 1.54) is 6.07 Å². The van der Waals surface area contributed by atoms with Crippen molar-refractivity contribution in [3.63, 3.8) is 0 Å². The van der Waals surface area contributed by atoms with Gasteiger partial charge in [-0.2, -0.15) is 0 Å². The van der Waals surface area contributed by atoms with Crippen LogP contribution in [0, 0.1) is 11.7 Å². The van der Waals surface area contributed by atoms with Crippen LogP contribution in [0.5, 0.6) is 0 Å². The molecule has 0 spiro atoms. The van der Waals surface area contributed by atoms with Gasteiger partial charge in [0, 0.05) is 30.6 Å². The molecule has 1 aliphatic carbocycles. The molecule has 0 N–H and O–H groups in total. The molecule has 5 rings (SSSR count). The van der Waals surface area contributed by atoms with Crippen LogP contribution in [0.15, 0.2) is 60.8 Å². The Morgan fingerprint density at radius 2 is 1.97 bits per heavy atom. The maximum absolute atomic E-state index is 14.0. The van der Waals surface area contributed by atoms with Gasteiger partial charge in [0.2, 0.25) is 5.91 Å². The minimum atomic E-state index is -0.610. The number of pyridine rings is 1. The molecule has 1 aliphatic heterocycles. The number of ether oxygens (including phenoxy) is 1. The van der Waals surface area contributed by atoms with Crippen LogP contribution in [0.2, 0.25) is 0 Å². The van der Waals surface area contributed by atoms with Gasteiger partial charge in [0.15, 0.2) is 0 Å². The summed E-state index contributed by atoms with van der Waals surface area (Å²) in [6.45, 7) is 2.41. The van der Waals surface area contributed by atoms with Crippen LogP contribution in [-0.4, -0.2) is 42.1 Å². The Kier molecular flexibility index (Phi) is 5.92. The van der Waals surface area contributed by atoms with Crippen LogP contribution in [0.4, 0.5) is 4.39 Å². The fourth-order valence-electron chi connectivity index (χ4n) is 5.44. The predicted molar refractivity (Wildman–Crippen MR) is 123 cm³/mol. The highest BCUT2D eigenvalue weighted by Crippen LogP contribution is 2.43. The maximum atomic E-state index is 14.0. The third kappa shape index (κ3) is 4.14. The summed E-state index contributed by atoms with van der Waals surface area (Å²) in [7, 11) is 0. The molecule has 1 aromatic heterocycles. The molecule has 5 heteroatoms. The number of halogens is 1. The quantitative estimate of drug-likeness (QED) is 0.589. The lowest BCUT2D eigenvalue weighted by atomic mass is 9.77. The molecule has 1 saturated heterocycles. The van der Waals surface area contributed by atoms with Crippen LogP contribution in [0.1, 0.15) is 36.8 Å². The van der Waals surface area contributed by atoms with Crippen molar-refractivity contribution in [3.8, 4) is 0 Å². The van der Waals surface area contributed by atoms with Gasteiger partial charge in [0.05, 0.1) is 24.1 Å². The minimum Gasteiger partial charge on any atom is -0.379 e. The number of aromatic nitrogens is 1. The van der Waals surface area contributed by atoms with Gasteiger partial charge in [-0.15, -0.1) is 0 Å². The van der Waals surface area contributed by atoms with E-state index >= 15 is 0 Å². The van der Waals surface area contributed by atoms with E-state index in [0.717, 1.165) is 54.1 Å². The largest absolute Gasteiger partial charge is 0.379 e. The average Bonchev–Trinajstić information content (AvgIpc) is 3.20. The molecule has 2 aliphatic rings. The first-order valence-corrected chi connectivity index (χ1v) is 11.6. The molecule has 1 atom stereocenters. The first-order valence-electron chi connectivity index (χ1n) is 11.6. The fourth-order valence-corrected chi connectivity index (χ4v) is 5.44. The Bertz CT molecular complexity index is 1110. The number of carbonyl (C=O) groups is 1. The van der Waals surface area contributed by atoms with E-state index in [9.17, 15) is 9.18 Å². The number of hydrogen-bond donors (Lipinski definition) is 0. The number of hydrogen-bond acceptors (Lipinski definition) is 3. The zero-order valence-electron chi connectivity index (χ0n) is 18.3. The molecule has 1 unspecified atom stereocenters. The molecule has 166 valence electrons. The Labute approximate surface area is 188 Å². The Balaban J connectivity index is 1.37. The third-order valence-corrected chi connectivity index (χ3v) is 7.04. The molecule has 1 saturated carbocycles. The molecule has 2 heterocycles. The summed E-state index contributed by atoms with van der Waals surface area (Å²) < 4.78 is 19.9. The van der Waals surface area contributed by atoms with E-state index in [1.54, 1.807) is 12.1 Å². The first-order chi connectivity index (χ1) is 15.6. The van der Waals surface area contributed by atoms with E-state index in [0.29, 0.717) is 26.3 Å². The van der Waals surface area contributed by atoms with Crippen molar-refractivity contribution in [2.24, 2.45) is 5.92 Å². The summed E-state index contributed by atoms with van der Waals surface area (Å²) >= 11 is 0. The summed E-state index contributed by atoms with van der Waals surface area (Å²) in [5.41, 5.74) is 2.36. The van der Waals surface area contributed by atoms with E-state index < -0.39 is 5.41 Å². The summed E-state index contributed by atoms with van der Waals surface area (Å²) in [5, 5.41) is 1.13. The molecule has 0 radical (unpaired) electrons. The number of fused-ring (bicyclic) bond motifs is 1. The van der Waals surface area contributed by atoms with Crippen LogP contribution >= 0.6 is 0 Å². The topological polar surface area (TPSA) is 42.4 Å². The lowest BCUT2D eigenvalue weighted by molar-refractivity contribution is -0.137. The SMILES string of the molecule is O=C(N1CCOCC(Cc2cnc3ccccc3c2)C1)C1(c2cccc(F)c2)CCCC1. The third-order valence-electron chi connectivity index (χ3n) is 7.04. The summed E-state index contributed by atoms with van der Waals surface area (Å²) in [6.07, 6.45) is 6.31. The summed E-state index contributed by atoms with van der Waals surface area (Å²) in [4.78, 5) is 20.5. The Morgan fingerprint density at radius 1 is 1.12 bits per heavy atom. The molecule has 4 nitrogen and oxygen atoms in total. The average molecular weight is 433 g/mol. The van der Waals surface area contributed by atoms with Crippen molar-refractivity contribution in [3.05, 3.63) is 77.7 Å². The molecule has 1 amide bonds. The lowest BCUT2D eigenvalue weighted by Gasteiger charge is -2.35. The normalized spacial score (nSPS) is 20.9. The molecule has 32 heavy (non-hydrogen) atoms. The van der Waals surface area contributed by atoms with Crippen LogP contribution < -0.4 is 0 Å². The number of benzene rings is 2. The van der Waals surface area contributed by atoms with Gasteiger partial charge in [0.25, 0.3) is 0 Å².